The van der Waals surface area contributed by atoms with Gasteiger partial charge in [-0.3, -0.25) is 4.79 Å². The highest BCUT2D eigenvalue weighted by Gasteiger charge is 2.14. The third kappa shape index (κ3) is 5.63. The second-order valence-corrected chi connectivity index (χ2v) is 7.19. The van der Waals surface area contributed by atoms with E-state index in [9.17, 15) is 4.79 Å². The lowest BCUT2D eigenvalue weighted by molar-refractivity contribution is -0.118. The monoisotopic (exact) mass is 488 g/mol. The molecule has 0 bridgehead atoms. The third-order valence-corrected chi connectivity index (χ3v) is 4.77. The number of carbonyl (C=O) groups is 1. The maximum atomic E-state index is 12.1. The van der Waals surface area contributed by atoms with Gasteiger partial charge in [0.2, 0.25) is 0 Å². The smallest absolute Gasteiger partial charge is 0.262 e. The van der Waals surface area contributed by atoms with Crippen molar-refractivity contribution in [1.82, 2.24) is 0 Å². The highest BCUT2D eigenvalue weighted by Crippen LogP contribution is 2.34. The van der Waals surface area contributed by atoms with Crippen molar-refractivity contribution in [1.29, 1.82) is 0 Å². The molecule has 0 spiro atoms. The van der Waals surface area contributed by atoms with E-state index in [0.29, 0.717) is 18.0 Å². The van der Waals surface area contributed by atoms with Crippen molar-refractivity contribution in [3.63, 3.8) is 0 Å². The summed E-state index contributed by atoms with van der Waals surface area (Å²) in [5, 5.41) is 6.17. The van der Waals surface area contributed by atoms with Gasteiger partial charge in [0.15, 0.2) is 18.1 Å². The summed E-state index contributed by atoms with van der Waals surface area (Å²) in [5.74, 6) is 0.943. The predicted molar refractivity (Wildman–Crippen MR) is 120 cm³/mol. The molecule has 1 amide bonds. The number of ether oxygens (including phenoxy) is 2. The summed E-state index contributed by atoms with van der Waals surface area (Å²) in [6, 6.07) is 23.2. The van der Waals surface area contributed by atoms with Gasteiger partial charge in [-0.05, 0) is 64.6 Å². The van der Waals surface area contributed by atoms with E-state index >= 15 is 0 Å². The zero-order chi connectivity index (χ0) is 19.8. The molecule has 0 fully saturated rings. The maximum absolute atomic E-state index is 12.1. The summed E-state index contributed by atoms with van der Waals surface area (Å²) >= 11 is 2.20. The molecule has 0 heterocycles. The number of rotatable bonds is 8. The van der Waals surface area contributed by atoms with Crippen LogP contribution in [0.1, 0.15) is 5.56 Å². The first-order chi connectivity index (χ1) is 13.7. The summed E-state index contributed by atoms with van der Waals surface area (Å²) in [6.07, 6.45) is 0. The molecule has 0 aliphatic carbocycles. The summed E-state index contributed by atoms with van der Waals surface area (Å²) in [7, 11) is 1.59. The van der Waals surface area contributed by atoms with Gasteiger partial charge in [0.25, 0.3) is 5.91 Å². The molecule has 0 aliphatic heterocycles. The number of nitrogens with one attached hydrogen (secondary N) is 2. The van der Waals surface area contributed by atoms with Crippen LogP contribution < -0.4 is 20.1 Å². The van der Waals surface area contributed by atoms with Crippen molar-refractivity contribution in [3.05, 3.63) is 81.9 Å². The van der Waals surface area contributed by atoms with E-state index in [-0.39, 0.29) is 12.5 Å². The molecule has 144 valence electrons. The fourth-order valence-corrected chi connectivity index (χ4v) is 3.45. The molecule has 0 saturated carbocycles. The Morgan fingerprint density at radius 3 is 2.25 bits per heavy atom. The molecule has 0 saturated heterocycles. The van der Waals surface area contributed by atoms with Crippen molar-refractivity contribution in [2.75, 3.05) is 24.4 Å². The average molecular weight is 488 g/mol. The Labute approximate surface area is 178 Å². The summed E-state index contributed by atoms with van der Waals surface area (Å²) in [6.45, 7) is 0.564. The van der Waals surface area contributed by atoms with Crippen LogP contribution in [0.3, 0.4) is 0 Å². The number of hydrogen-bond acceptors (Lipinski definition) is 4. The van der Waals surface area contributed by atoms with Crippen LogP contribution in [-0.4, -0.2) is 19.6 Å². The van der Waals surface area contributed by atoms with E-state index in [1.54, 1.807) is 7.11 Å². The van der Waals surface area contributed by atoms with Gasteiger partial charge in [-0.1, -0.05) is 36.4 Å². The lowest BCUT2D eigenvalue weighted by Gasteiger charge is -2.15. The van der Waals surface area contributed by atoms with E-state index in [1.807, 2.05) is 72.8 Å². The lowest BCUT2D eigenvalue weighted by atomic mass is 10.2. The van der Waals surface area contributed by atoms with Crippen molar-refractivity contribution in [2.45, 2.75) is 6.54 Å². The zero-order valence-corrected chi connectivity index (χ0v) is 17.6. The number of methoxy groups -OCH3 is 1. The van der Waals surface area contributed by atoms with Gasteiger partial charge in [0.05, 0.1) is 10.7 Å². The van der Waals surface area contributed by atoms with Crippen LogP contribution in [0, 0.1) is 3.57 Å². The van der Waals surface area contributed by atoms with Crippen molar-refractivity contribution < 1.29 is 14.3 Å². The second-order valence-electron chi connectivity index (χ2n) is 6.03. The van der Waals surface area contributed by atoms with Crippen LogP contribution >= 0.6 is 22.6 Å². The minimum absolute atomic E-state index is 0.0944. The quantitative estimate of drug-likeness (QED) is 0.442. The molecule has 28 heavy (non-hydrogen) atoms. The molecule has 3 aromatic rings. The van der Waals surface area contributed by atoms with Crippen LogP contribution in [0.4, 0.5) is 11.4 Å². The molecule has 0 atom stereocenters. The van der Waals surface area contributed by atoms with E-state index in [1.165, 1.54) is 0 Å². The van der Waals surface area contributed by atoms with E-state index in [4.69, 9.17) is 9.47 Å². The predicted octanol–water partition coefficient (Wildman–Crippen LogP) is 4.93. The molecular weight excluding hydrogens is 467 g/mol. The third-order valence-electron chi connectivity index (χ3n) is 3.96. The highest BCUT2D eigenvalue weighted by molar-refractivity contribution is 14.1. The molecule has 0 unspecified atom stereocenters. The Morgan fingerprint density at radius 2 is 1.61 bits per heavy atom. The molecule has 6 heteroatoms. The van der Waals surface area contributed by atoms with Gasteiger partial charge in [0, 0.05) is 17.9 Å². The molecule has 3 aromatic carbocycles. The molecule has 5 nitrogen and oxygen atoms in total. The second kappa shape index (κ2) is 9.98. The number of para-hydroxylation sites is 2. The van der Waals surface area contributed by atoms with Gasteiger partial charge in [-0.15, -0.1) is 0 Å². The van der Waals surface area contributed by atoms with Gasteiger partial charge < -0.3 is 20.1 Å². The highest BCUT2D eigenvalue weighted by atomic mass is 127. The first-order valence-electron chi connectivity index (χ1n) is 8.79. The summed E-state index contributed by atoms with van der Waals surface area (Å²) in [4.78, 5) is 12.1. The Bertz CT molecular complexity index is 918. The lowest BCUT2D eigenvalue weighted by Crippen LogP contribution is -2.20. The van der Waals surface area contributed by atoms with E-state index in [0.717, 1.165) is 20.5 Å². The topological polar surface area (TPSA) is 59.6 Å². The van der Waals surface area contributed by atoms with Gasteiger partial charge in [0.1, 0.15) is 0 Å². The fourth-order valence-electron chi connectivity index (χ4n) is 2.63. The summed E-state index contributed by atoms with van der Waals surface area (Å²) in [5.41, 5.74) is 2.85. The number of carbonyl (C=O) groups excluding carboxylic acids is 1. The number of anilines is 2. The average Bonchev–Trinajstić information content (AvgIpc) is 2.72. The van der Waals surface area contributed by atoms with E-state index < -0.39 is 0 Å². The van der Waals surface area contributed by atoms with Crippen molar-refractivity contribution in [2.24, 2.45) is 0 Å². The van der Waals surface area contributed by atoms with Crippen molar-refractivity contribution >= 4 is 39.9 Å². The standard InChI is InChI=1S/C22H21IN2O3/c1-27-20-13-16(14-24-17-8-4-2-5-9-17)12-19(23)22(20)28-15-21(26)25-18-10-6-3-7-11-18/h2-13,24H,14-15H2,1H3,(H,25,26). The van der Waals surface area contributed by atoms with Gasteiger partial charge >= 0.3 is 0 Å². The minimum Gasteiger partial charge on any atom is -0.493 e. The number of hydrogen-bond donors (Lipinski definition) is 2. The van der Waals surface area contributed by atoms with Crippen molar-refractivity contribution in [3.8, 4) is 11.5 Å². The van der Waals surface area contributed by atoms with Crippen LogP contribution in [0.5, 0.6) is 11.5 Å². The Kier molecular flexibility index (Phi) is 7.13. The number of benzene rings is 3. The van der Waals surface area contributed by atoms with E-state index in [2.05, 4.69) is 33.2 Å². The SMILES string of the molecule is COc1cc(CNc2ccccc2)cc(I)c1OCC(=O)Nc1ccccc1. The Balaban J connectivity index is 1.63. The Hall–Kier alpha value is -2.74. The molecule has 0 aliphatic rings. The van der Waals surface area contributed by atoms with Crippen LogP contribution in [0.25, 0.3) is 0 Å². The van der Waals surface area contributed by atoms with Crippen LogP contribution in [0.15, 0.2) is 72.8 Å². The molecule has 3 rings (SSSR count). The number of halogens is 1. The fraction of sp³-hybridized carbons (Fsp3) is 0.136. The normalized spacial score (nSPS) is 10.2. The first-order valence-corrected chi connectivity index (χ1v) is 9.86. The zero-order valence-electron chi connectivity index (χ0n) is 15.4. The number of amides is 1. The first kappa shape index (κ1) is 20.0. The maximum Gasteiger partial charge on any atom is 0.262 e. The van der Waals surface area contributed by atoms with Crippen LogP contribution in [0.2, 0.25) is 0 Å². The molecule has 0 aromatic heterocycles. The minimum atomic E-state index is -0.223. The molecule has 0 radical (unpaired) electrons. The molecular formula is C22H21IN2O3. The largest absolute Gasteiger partial charge is 0.493 e. The summed E-state index contributed by atoms with van der Waals surface area (Å²) < 4.78 is 12.1. The molecule has 2 N–H and O–H groups in total. The Morgan fingerprint density at radius 1 is 0.964 bits per heavy atom. The van der Waals surface area contributed by atoms with Gasteiger partial charge in [-0.2, -0.15) is 0 Å². The van der Waals surface area contributed by atoms with Crippen LogP contribution in [-0.2, 0) is 11.3 Å². The van der Waals surface area contributed by atoms with Gasteiger partial charge in [-0.25, -0.2) is 0 Å².